The van der Waals surface area contributed by atoms with Gasteiger partial charge >= 0.3 is 16.1 Å². The standard InChI is InChI=1S/C37H53NO5S/c1-23(2)26-15-20-37(32(39)40)22-21-35(7)27(31(26)37)13-14-29-34(6)18-17-30(33(4,5)28(34)16-19-36(29,35)8)38-43-44(41,42)25-11-9-24(3)10-12-25/h9-12,26-29,31H,1,13-22H2,2-8H3,(H,39,40)/b38-30+/t26-,27?,28?,29?,31?,34-,35+,36+,37-/m0/s1. The van der Waals surface area contributed by atoms with Crippen LogP contribution in [0.2, 0.25) is 0 Å². The third-order valence-electron chi connectivity index (χ3n) is 14.8. The van der Waals surface area contributed by atoms with Gasteiger partial charge in [-0.1, -0.05) is 69.6 Å². The van der Waals surface area contributed by atoms with Crippen molar-refractivity contribution in [1.82, 2.24) is 0 Å². The average molecular weight is 624 g/mol. The minimum atomic E-state index is -3.99. The molecular formula is C37H53NO5S. The third kappa shape index (κ3) is 4.26. The molecule has 1 aromatic rings. The summed E-state index contributed by atoms with van der Waals surface area (Å²) in [6, 6.07) is 6.69. The minimum Gasteiger partial charge on any atom is -0.481 e. The highest BCUT2D eigenvalue weighted by Gasteiger charge is 2.72. The summed E-state index contributed by atoms with van der Waals surface area (Å²) in [6.07, 6.45) is 9.56. The van der Waals surface area contributed by atoms with Gasteiger partial charge in [0.15, 0.2) is 0 Å². The first-order chi connectivity index (χ1) is 20.4. The smallest absolute Gasteiger partial charge is 0.358 e. The number of aliphatic carboxylic acids is 1. The van der Waals surface area contributed by atoms with Crippen molar-refractivity contribution in [2.75, 3.05) is 0 Å². The second-order valence-electron chi connectivity index (χ2n) is 16.7. The van der Waals surface area contributed by atoms with Crippen molar-refractivity contribution in [1.29, 1.82) is 0 Å². The largest absolute Gasteiger partial charge is 0.481 e. The average Bonchev–Trinajstić information content (AvgIpc) is 3.35. The molecule has 9 atom stereocenters. The number of aryl methyl sites for hydroxylation is 1. The van der Waals surface area contributed by atoms with Crippen LogP contribution in [0.5, 0.6) is 0 Å². The Kier molecular flexibility index (Phi) is 7.36. The first-order valence-corrected chi connectivity index (χ1v) is 18.3. The Morgan fingerprint density at radius 3 is 2.23 bits per heavy atom. The lowest BCUT2D eigenvalue weighted by atomic mass is 9.32. The van der Waals surface area contributed by atoms with Gasteiger partial charge in [0.1, 0.15) is 4.90 Å². The Labute approximate surface area is 265 Å². The molecular weight excluding hydrogens is 570 g/mol. The number of hydrogen-bond donors (Lipinski definition) is 1. The fourth-order valence-electron chi connectivity index (χ4n) is 12.3. The summed E-state index contributed by atoms with van der Waals surface area (Å²) in [4.78, 5) is 13.1. The maximum atomic E-state index is 13.0. The predicted octanol–water partition coefficient (Wildman–Crippen LogP) is 8.80. The van der Waals surface area contributed by atoms with E-state index in [1.54, 1.807) is 24.3 Å². The predicted molar refractivity (Wildman–Crippen MR) is 173 cm³/mol. The molecule has 5 saturated carbocycles. The number of benzene rings is 1. The van der Waals surface area contributed by atoms with Crippen molar-refractivity contribution in [2.24, 2.45) is 61.8 Å². The Morgan fingerprint density at radius 2 is 1.59 bits per heavy atom. The molecule has 6 rings (SSSR count). The molecule has 44 heavy (non-hydrogen) atoms. The van der Waals surface area contributed by atoms with Crippen molar-refractivity contribution >= 4 is 21.8 Å². The van der Waals surface area contributed by atoms with Crippen LogP contribution in [-0.2, 0) is 19.2 Å². The second-order valence-corrected chi connectivity index (χ2v) is 18.3. The number of oxime groups is 1. The summed E-state index contributed by atoms with van der Waals surface area (Å²) in [5, 5.41) is 15.0. The molecule has 0 aliphatic heterocycles. The molecule has 0 amide bonds. The van der Waals surface area contributed by atoms with Gasteiger partial charge in [0.2, 0.25) is 0 Å². The molecule has 1 N–H and O–H groups in total. The summed E-state index contributed by atoms with van der Waals surface area (Å²) in [5.74, 6) is 1.17. The van der Waals surface area contributed by atoms with Gasteiger partial charge in [-0.05, 0) is 136 Å². The lowest BCUT2D eigenvalue weighted by molar-refractivity contribution is -0.230. The molecule has 0 spiro atoms. The van der Waals surface area contributed by atoms with E-state index in [4.69, 9.17) is 4.28 Å². The molecule has 0 heterocycles. The summed E-state index contributed by atoms with van der Waals surface area (Å²) >= 11 is 0. The van der Waals surface area contributed by atoms with E-state index in [1.165, 1.54) is 0 Å². The van der Waals surface area contributed by atoms with Gasteiger partial charge in [-0.2, -0.15) is 8.42 Å². The fraction of sp³-hybridized carbons (Fsp3) is 0.730. The highest BCUT2D eigenvalue weighted by molar-refractivity contribution is 7.86. The Hall–Kier alpha value is -2.15. The third-order valence-corrected chi connectivity index (χ3v) is 15.9. The molecule has 1 aromatic carbocycles. The van der Waals surface area contributed by atoms with Crippen molar-refractivity contribution in [3.63, 3.8) is 0 Å². The quantitative estimate of drug-likeness (QED) is 0.261. The van der Waals surface area contributed by atoms with Crippen molar-refractivity contribution in [3.05, 3.63) is 42.0 Å². The number of nitrogens with zero attached hydrogens (tertiary/aromatic N) is 1. The normalized spacial score (nSPS) is 43.7. The number of hydrogen-bond acceptors (Lipinski definition) is 5. The van der Waals surface area contributed by atoms with Gasteiger partial charge < -0.3 is 5.11 Å². The molecule has 4 unspecified atom stereocenters. The van der Waals surface area contributed by atoms with E-state index in [9.17, 15) is 18.3 Å². The summed E-state index contributed by atoms with van der Waals surface area (Å²) in [7, 11) is -3.99. The highest BCUT2D eigenvalue weighted by Crippen LogP contribution is 2.77. The number of fused-ring (bicyclic) bond motifs is 7. The monoisotopic (exact) mass is 623 g/mol. The van der Waals surface area contributed by atoms with Crippen LogP contribution < -0.4 is 0 Å². The molecule has 0 saturated heterocycles. The number of carboxylic acid groups (broad SMARTS) is 1. The molecule has 0 bridgehead atoms. The highest BCUT2D eigenvalue weighted by atomic mass is 32.2. The van der Waals surface area contributed by atoms with Crippen LogP contribution in [0.1, 0.15) is 111 Å². The summed E-state index contributed by atoms with van der Waals surface area (Å²) < 4.78 is 31.3. The van der Waals surface area contributed by atoms with Gasteiger partial charge in [-0.15, -0.1) is 0 Å². The number of allylic oxidation sites excluding steroid dienone is 1. The van der Waals surface area contributed by atoms with Crippen LogP contribution in [0.25, 0.3) is 0 Å². The van der Waals surface area contributed by atoms with E-state index in [0.717, 1.165) is 81.1 Å². The first-order valence-electron chi connectivity index (χ1n) is 16.9. The van der Waals surface area contributed by atoms with Crippen LogP contribution in [0.15, 0.2) is 46.5 Å². The molecule has 242 valence electrons. The van der Waals surface area contributed by atoms with Crippen LogP contribution in [-0.4, -0.2) is 25.2 Å². The van der Waals surface area contributed by atoms with Gasteiger partial charge in [0.25, 0.3) is 0 Å². The van der Waals surface area contributed by atoms with Crippen LogP contribution in [0.3, 0.4) is 0 Å². The number of carboxylic acids is 1. The van der Waals surface area contributed by atoms with Gasteiger partial charge in [-0.25, -0.2) is 0 Å². The van der Waals surface area contributed by atoms with E-state index < -0.39 is 21.5 Å². The molecule has 5 aliphatic rings. The second kappa shape index (κ2) is 10.2. The first kappa shape index (κ1) is 31.8. The van der Waals surface area contributed by atoms with Crippen LogP contribution >= 0.6 is 0 Å². The summed E-state index contributed by atoms with van der Waals surface area (Å²) in [6.45, 7) is 20.5. The number of rotatable bonds is 5. The molecule has 6 nitrogen and oxygen atoms in total. The van der Waals surface area contributed by atoms with Crippen LogP contribution in [0, 0.1) is 63.6 Å². The maximum Gasteiger partial charge on any atom is 0.358 e. The minimum absolute atomic E-state index is 0.0787. The lowest BCUT2D eigenvalue weighted by Gasteiger charge is -2.72. The van der Waals surface area contributed by atoms with Gasteiger partial charge in [-0.3, -0.25) is 9.08 Å². The van der Waals surface area contributed by atoms with Gasteiger partial charge in [0.05, 0.1) is 11.1 Å². The molecule has 0 radical (unpaired) electrons. The van der Waals surface area contributed by atoms with Gasteiger partial charge in [0, 0.05) is 5.41 Å². The zero-order chi connectivity index (χ0) is 32.1. The lowest BCUT2D eigenvalue weighted by Crippen LogP contribution is -2.66. The molecule has 0 aromatic heterocycles. The van der Waals surface area contributed by atoms with Crippen molar-refractivity contribution in [2.45, 2.75) is 118 Å². The van der Waals surface area contributed by atoms with E-state index in [0.29, 0.717) is 23.7 Å². The van der Waals surface area contributed by atoms with Crippen LogP contribution in [0.4, 0.5) is 0 Å². The SMILES string of the molecule is C=C(C)[C@@H]1CC[C@]2(C(=O)O)CC[C@]3(C)C(CCC4[C@@]5(C)CC/C(=N\OS(=O)(=O)c6ccc(C)cc6)C(C)(C)C5CC[C@]43C)C12. The Balaban J connectivity index is 1.29. The van der Waals surface area contributed by atoms with Crippen molar-refractivity contribution < 1.29 is 22.6 Å². The van der Waals surface area contributed by atoms with E-state index in [2.05, 4.69) is 53.3 Å². The zero-order valence-electron chi connectivity index (χ0n) is 27.9. The van der Waals surface area contributed by atoms with E-state index >= 15 is 0 Å². The topological polar surface area (TPSA) is 93.0 Å². The van der Waals surface area contributed by atoms with E-state index in [-0.39, 0.29) is 32.5 Å². The zero-order valence-corrected chi connectivity index (χ0v) is 28.7. The van der Waals surface area contributed by atoms with E-state index in [1.807, 2.05) is 6.92 Å². The summed E-state index contributed by atoms with van der Waals surface area (Å²) in [5.41, 5.74) is 2.38. The molecule has 5 aliphatic carbocycles. The molecule has 7 heteroatoms. The fourth-order valence-corrected chi connectivity index (χ4v) is 13.1. The Morgan fingerprint density at radius 1 is 0.909 bits per heavy atom. The maximum absolute atomic E-state index is 13.0. The van der Waals surface area contributed by atoms with Crippen molar-refractivity contribution in [3.8, 4) is 0 Å². The molecule has 5 fully saturated rings. The number of carbonyl (C=O) groups is 1. The Bertz CT molecular complexity index is 1500.